The van der Waals surface area contributed by atoms with E-state index >= 15 is 0 Å². The highest BCUT2D eigenvalue weighted by Gasteiger charge is 2.37. The minimum atomic E-state index is 0.133. The molecule has 1 fully saturated rings. The van der Waals surface area contributed by atoms with Crippen molar-refractivity contribution in [1.82, 2.24) is 4.90 Å². The predicted molar refractivity (Wildman–Crippen MR) is 73.5 cm³/mol. The molecule has 4 heteroatoms. The summed E-state index contributed by atoms with van der Waals surface area (Å²) in [6.45, 7) is 2.20. The second-order valence-corrected chi connectivity index (χ2v) is 5.75. The number of benzene rings is 1. The van der Waals surface area contributed by atoms with Crippen molar-refractivity contribution in [2.75, 3.05) is 6.79 Å². The van der Waals surface area contributed by atoms with Crippen LogP contribution in [0.3, 0.4) is 0 Å². The van der Waals surface area contributed by atoms with E-state index in [4.69, 9.17) is 9.47 Å². The molecule has 3 aliphatic rings. The van der Waals surface area contributed by atoms with Gasteiger partial charge in [-0.2, -0.15) is 0 Å². The lowest BCUT2D eigenvalue weighted by atomic mass is 9.93. The van der Waals surface area contributed by atoms with Crippen molar-refractivity contribution in [3.63, 3.8) is 0 Å². The Labute approximate surface area is 118 Å². The number of hydrogen-bond donors (Lipinski definition) is 0. The number of carbonyl (C=O) groups excluding carboxylic acids is 1. The van der Waals surface area contributed by atoms with Gasteiger partial charge in [-0.3, -0.25) is 4.79 Å². The highest BCUT2D eigenvalue weighted by molar-refractivity contribution is 5.96. The Morgan fingerprint density at radius 1 is 1.20 bits per heavy atom. The molecule has 1 aliphatic carbocycles. The molecule has 0 saturated heterocycles. The summed E-state index contributed by atoms with van der Waals surface area (Å²) in [5.74, 6) is 1.82. The third-order valence-corrected chi connectivity index (χ3v) is 4.27. The first-order valence-electron chi connectivity index (χ1n) is 7.11. The van der Waals surface area contributed by atoms with Gasteiger partial charge >= 0.3 is 0 Å². The van der Waals surface area contributed by atoms with Gasteiger partial charge in [0.05, 0.1) is 6.04 Å². The Hall–Kier alpha value is -1.97. The Morgan fingerprint density at radius 3 is 2.80 bits per heavy atom. The van der Waals surface area contributed by atoms with Gasteiger partial charge in [0, 0.05) is 24.2 Å². The fourth-order valence-electron chi connectivity index (χ4n) is 2.97. The second kappa shape index (κ2) is 4.27. The smallest absolute Gasteiger partial charge is 0.231 e. The molecule has 0 radical (unpaired) electrons. The van der Waals surface area contributed by atoms with E-state index in [-0.39, 0.29) is 18.6 Å². The molecule has 4 nitrogen and oxygen atoms in total. The monoisotopic (exact) mass is 271 g/mol. The topological polar surface area (TPSA) is 38.8 Å². The maximum absolute atomic E-state index is 12.0. The fraction of sp³-hybridized carbons (Fsp3) is 0.438. The van der Waals surface area contributed by atoms with E-state index in [0.29, 0.717) is 12.5 Å². The second-order valence-electron chi connectivity index (χ2n) is 5.75. The van der Waals surface area contributed by atoms with Crippen LogP contribution in [-0.4, -0.2) is 23.5 Å². The highest BCUT2D eigenvalue weighted by atomic mass is 16.7. The molecule has 4 rings (SSSR count). The number of rotatable bonds is 2. The lowest BCUT2D eigenvalue weighted by Gasteiger charge is -2.35. The molecule has 1 saturated carbocycles. The Morgan fingerprint density at radius 2 is 2.00 bits per heavy atom. The van der Waals surface area contributed by atoms with Gasteiger partial charge < -0.3 is 14.4 Å². The highest BCUT2D eigenvalue weighted by Crippen LogP contribution is 2.42. The molecule has 0 amide bonds. The number of fused-ring (bicyclic) bond motifs is 1. The number of hydrogen-bond acceptors (Lipinski definition) is 4. The summed E-state index contributed by atoms with van der Waals surface area (Å²) in [7, 11) is 0. The normalized spacial score (nSPS) is 24.9. The number of ketones is 1. The molecule has 2 aliphatic heterocycles. The van der Waals surface area contributed by atoms with Crippen molar-refractivity contribution in [3.05, 3.63) is 35.5 Å². The standard InChI is InChI=1S/C16H17NO3/c1-10-8-17(12-3-4-12)13(7-14(10)18)11-2-5-15-16(6-11)20-9-19-15/h2,5-6,8,12-13H,3-4,7,9H2,1H3. The zero-order valence-electron chi connectivity index (χ0n) is 11.5. The average molecular weight is 271 g/mol. The first-order valence-corrected chi connectivity index (χ1v) is 7.11. The van der Waals surface area contributed by atoms with Crippen LogP contribution in [0.1, 0.15) is 37.8 Å². The Bertz CT molecular complexity index is 604. The van der Waals surface area contributed by atoms with Crippen LogP contribution in [0.5, 0.6) is 11.5 Å². The zero-order valence-corrected chi connectivity index (χ0v) is 11.5. The lowest BCUT2D eigenvalue weighted by Crippen LogP contribution is -2.32. The van der Waals surface area contributed by atoms with Crippen LogP contribution < -0.4 is 9.47 Å². The number of allylic oxidation sites excluding steroid dienone is 1. The number of Topliss-reactive ketones (excluding diaryl/α,β-unsaturated/α-hetero) is 1. The van der Waals surface area contributed by atoms with Crippen LogP contribution in [0.15, 0.2) is 30.0 Å². The molecule has 1 aromatic rings. The number of ether oxygens (including phenoxy) is 2. The molecule has 2 heterocycles. The molecule has 104 valence electrons. The molecule has 0 N–H and O–H groups in total. The molecule has 0 bridgehead atoms. The van der Waals surface area contributed by atoms with Gasteiger partial charge in [-0.1, -0.05) is 6.07 Å². The summed E-state index contributed by atoms with van der Waals surface area (Å²) in [5.41, 5.74) is 2.01. The first-order chi connectivity index (χ1) is 9.72. The predicted octanol–water partition coefficient (Wildman–Crippen LogP) is 2.80. The molecule has 0 spiro atoms. The minimum Gasteiger partial charge on any atom is -0.454 e. The summed E-state index contributed by atoms with van der Waals surface area (Å²) in [4.78, 5) is 14.4. The molecule has 1 aromatic carbocycles. The molecular weight excluding hydrogens is 254 g/mol. The largest absolute Gasteiger partial charge is 0.454 e. The maximum Gasteiger partial charge on any atom is 0.231 e. The SMILES string of the molecule is CC1=CN(C2CC2)C(c2ccc3c(c2)OCO3)CC1=O. The van der Waals surface area contributed by atoms with Gasteiger partial charge in [0.25, 0.3) is 0 Å². The molecular formula is C16H17NO3. The van der Waals surface area contributed by atoms with E-state index in [1.165, 1.54) is 12.8 Å². The number of carbonyl (C=O) groups is 1. The summed E-state index contributed by atoms with van der Waals surface area (Å²) in [5, 5.41) is 0. The van der Waals surface area contributed by atoms with Gasteiger partial charge in [-0.25, -0.2) is 0 Å². The third kappa shape index (κ3) is 1.87. The Kier molecular flexibility index (Phi) is 2.52. The van der Waals surface area contributed by atoms with Gasteiger partial charge in [0.1, 0.15) is 0 Å². The van der Waals surface area contributed by atoms with Crippen molar-refractivity contribution in [2.24, 2.45) is 0 Å². The third-order valence-electron chi connectivity index (χ3n) is 4.27. The van der Waals surface area contributed by atoms with Gasteiger partial charge in [-0.15, -0.1) is 0 Å². The molecule has 20 heavy (non-hydrogen) atoms. The van der Waals surface area contributed by atoms with Crippen molar-refractivity contribution < 1.29 is 14.3 Å². The van der Waals surface area contributed by atoms with Crippen LogP contribution >= 0.6 is 0 Å². The van der Waals surface area contributed by atoms with E-state index in [1.807, 2.05) is 25.3 Å². The van der Waals surface area contributed by atoms with Gasteiger partial charge in [0.15, 0.2) is 17.3 Å². The van der Waals surface area contributed by atoms with Gasteiger partial charge in [0.2, 0.25) is 6.79 Å². The average Bonchev–Trinajstić information content (AvgIpc) is 3.18. The van der Waals surface area contributed by atoms with Crippen molar-refractivity contribution in [1.29, 1.82) is 0 Å². The van der Waals surface area contributed by atoms with Crippen LogP contribution in [0, 0.1) is 0 Å². The van der Waals surface area contributed by atoms with Crippen LogP contribution in [-0.2, 0) is 4.79 Å². The van der Waals surface area contributed by atoms with Gasteiger partial charge in [-0.05, 0) is 37.5 Å². The van der Waals surface area contributed by atoms with Crippen LogP contribution in [0.2, 0.25) is 0 Å². The summed E-state index contributed by atoms with van der Waals surface area (Å²) >= 11 is 0. The molecule has 1 atom stereocenters. The van der Waals surface area contributed by atoms with Crippen molar-refractivity contribution in [2.45, 2.75) is 38.3 Å². The van der Waals surface area contributed by atoms with E-state index in [0.717, 1.165) is 22.6 Å². The van der Waals surface area contributed by atoms with E-state index < -0.39 is 0 Å². The fourth-order valence-corrected chi connectivity index (χ4v) is 2.97. The quantitative estimate of drug-likeness (QED) is 0.829. The summed E-state index contributed by atoms with van der Waals surface area (Å²) in [6.07, 6.45) is 5.04. The number of nitrogens with zero attached hydrogens (tertiary/aromatic N) is 1. The van der Waals surface area contributed by atoms with E-state index in [1.54, 1.807) is 0 Å². The first kappa shape index (κ1) is 11.8. The molecule has 0 aromatic heterocycles. The van der Waals surface area contributed by atoms with Crippen LogP contribution in [0.4, 0.5) is 0 Å². The van der Waals surface area contributed by atoms with E-state index in [2.05, 4.69) is 11.0 Å². The Balaban J connectivity index is 1.70. The summed E-state index contributed by atoms with van der Waals surface area (Å²) < 4.78 is 10.8. The maximum atomic E-state index is 12.0. The van der Waals surface area contributed by atoms with Crippen molar-refractivity contribution >= 4 is 5.78 Å². The van der Waals surface area contributed by atoms with E-state index in [9.17, 15) is 4.79 Å². The summed E-state index contributed by atoms with van der Waals surface area (Å²) in [6, 6.07) is 6.74. The molecule has 1 unspecified atom stereocenters. The zero-order chi connectivity index (χ0) is 13.7. The lowest BCUT2D eigenvalue weighted by molar-refractivity contribution is -0.117. The van der Waals surface area contributed by atoms with Crippen LogP contribution in [0.25, 0.3) is 0 Å². The van der Waals surface area contributed by atoms with Crippen molar-refractivity contribution in [3.8, 4) is 11.5 Å². The minimum absolute atomic E-state index is 0.133.